The molecule has 264 valence electrons. The molecule has 0 saturated carbocycles. The van der Waals surface area contributed by atoms with Crippen molar-refractivity contribution in [1.82, 2.24) is 9.88 Å². The highest BCUT2D eigenvalue weighted by Gasteiger charge is 2.28. The van der Waals surface area contributed by atoms with Gasteiger partial charge in [-0.15, -0.1) is 0 Å². The Balaban J connectivity index is 1.64. The molecule has 3 aromatic carbocycles. The number of H-pyrrole nitrogens is 1. The number of sulfone groups is 2. The van der Waals surface area contributed by atoms with Crippen molar-refractivity contribution in [3.8, 4) is 11.3 Å². The minimum Gasteiger partial charge on any atom is -0.444 e. The fraction of sp³-hybridized carbons (Fsp3) is 0.400. The molecule has 3 N–H and O–H groups in total. The van der Waals surface area contributed by atoms with E-state index in [0.29, 0.717) is 30.2 Å². The number of nitrogens with zero attached hydrogens (tertiary/aromatic N) is 2. The monoisotopic (exact) mass is 712 g/mol. The number of aryl methyl sites for hydroxylation is 3. The van der Waals surface area contributed by atoms with Crippen LogP contribution >= 0.6 is 0 Å². The number of fused-ring (bicyclic) bond motifs is 1. The van der Waals surface area contributed by atoms with Crippen LogP contribution in [0.25, 0.3) is 22.2 Å². The first-order valence-electron chi connectivity index (χ1n) is 15.8. The van der Waals surface area contributed by atoms with Crippen molar-refractivity contribution in [2.24, 2.45) is 0 Å². The molecular weight excluding hydrogens is 669 g/mol. The Bertz CT molecular complexity index is 2110. The van der Waals surface area contributed by atoms with Crippen LogP contribution in [0, 0.1) is 24.0 Å². The normalized spacial score (nSPS) is 12.3. The van der Waals surface area contributed by atoms with Gasteiger partial charge in [0.15, 0.2) is 19.7 Å². The number of amides is 1. The van der Waals surface area contributed by atoms with E-state index in [1.165, 1.54) is 18.2 Å². The smallest absolute Gasteiger partial charge is 0.410 e. The number of benzene rings is 3. The van der Waals surface area contributed by atoms with Crippen LogP contribution in [0.4, 0.5) is 16.2 Å². The molecule has 0 fully saturated rings. The number of nitrogens with one attached hydrogen (secondary N) is 1. The Kier molecular flexibility index (Phi) is 10.8. The first-order valence-corrected chi connectivity index (χ1v) is 19.6. The summed E-state index contributed by atoms with van der Waals surface area (Å²) in [4.78, 5) is 29.0. The lowest BCUT2D eigenvalue weighted by atomic mass is 9.99. The predicted octanol–water partition coefficient (Wildman–Crippen LogP) is 6.55. The third kappa shape index (κ3) is 9.18. The molecule has 0 aliphatic carbocycles. The number of aromatic amines is 1. The highest BCUT2D eigenvalue weighted by molar-refractivity contribution is 7.94. The lowest BCUT2D eigenvalue weighted by Crippen LogP contribution is -2.38. The highest BCUT2D eigenvalue weighted by Crippen LogP contribution is 2.35. The molecule has 49 heavy (non-hydrogen) atoms. The first kappa shape index (κ1) is 37.4. The number of carbonyl (C=O) groups is 1. The zero-order valence-electron chi connectivity index (χ0n) is 28.9. The zero-order chi connectivity index (χ0) is 36.5. The topological polar surface area (TPSA) is 183 Å². The van der Waals surface area contributed by atoms with Gasteiger partial charge in [0.2, 0.25) is 0 Å². The predicted molar refractivity (Wildman–Crippen MR) is 191 cm³/mol. The summed E-state index contributed by atoms with van der Waals surface area (Å²) in [6.45, 7) is 9.81. The zero-order valence-corrected chi connectivity index (χ0v) is 30.5. The van der Waals surface area contributed by atoms with E-state index in [0.717, 1.165) is 46.0 Å². The maximum atomic E-state index is 13.5. The largest absolute Gasteiger partial charge is 0.444 e. The number of aromatic nitrogens is 1. The van der Waals surface area contributed by atoms with Crippen LogP contribution < -0.4 is 5.73 Å². The molecule has 1 heterocycles. The number of nitrogen functional groups attached to an aromatic ring is 1. The molecule has 0 atom stereocenters. The fourth-order valence-corrected chi connectivity index (χ4v) is 9.04. The van der Waals surface area contributed by atoms with E-state index in [9.17, 15) is 31.7 Å². The van der Waals surface area contributed by atoms with E-state index < -0.39 is 41.2 Å². The van der Waals surface area contributed by atoms with Crippen molar-refractivity contribution >= 4 is 48.0 Å². The van der Waals surface area contributed by atoms with Crippen LogP contribution in [0.2, 0.25) is 0 Å². The van der Waals surface area contributed by atoms with E-state index in [1.807, 2.05) is 26.0 Å². The van der Waals surface area contributed by atoms with Crippen LogP contribution in [-0.4, -0.2) is 68.9 Å². The molecule has 4 rings (SSSR count). The van der Waals surface area contributed by atoms with Gasteiger partial charge < -0.3 is 20.4 Å². The van der Waals surface area contributed by atoms with Gasteiger partial charge >= 0.3 is 6.09 Å². The van der Waals surface area contributed by atoms with Crippen molar-refractivity contribution in [3.05, 3.63) is 80.9 Å². The first-order chi connectivity index (χ1) is 22.7. The van der Waals surface area contributed by atoms with Gasteiger partial charge in [-0.05, 0) is 101 Å². The minimum atomic E-state index is -3.94. The number of unbranched alkanes of at least 4 members (excludes halogenated alkanes) is 1. The molecule has 0 bridgehead atoms. The molecule has 0 radical (unpaired) electrons. The third-order valence-electron chi connectivity index (χ3n) is 7.98. The summed E-state index contributed by atoms with van der Waals surface area (Å²) in [7, 11) is -7.88. The van der Waals surface area contributed by atoms with Gasteiger partial charge in [0.05, 0.1) is 15.5 Å². The summed E-state index contributed by atoms with van der Waals surface area (Å²) < 4.78 is 56.2. The molecule has 0 aliphatic heterocycles. The number of nitrogens with two attached hydrogens (primary N) is 1. The van der Waals surface area contributed by atoms with Crippen LogP contribution in [0.3, 0.4) is 0 Å². The second-order valence-corrected chi connectivity index (χ2v) is 17.4. The van der Waals surface area contributed by atoms with Gasteiger partial charge in [0, 0.05) is 54.3 Å². The number of nitro benzene ring substituents is 1. The summed E-state index contributed by atoms with van der Waals surface area (Å²) in [5.41, 5.74) is 10.7. The maximum Gasteiger partial charge on any atom is 0.410 e. The quantitative estimate of drug-likeness (QED) is 0.0712. The Hall–Kier alpha value is -4.43. The van der Waals surface area contributed by atoms with E-state index in [4.69, 9.17) is 10.5 Å². The Morgan fingerprint density at radius 3 is 2.10 bits per heavy atom. The number of anilines is 1. The minimum absolute atomic E-state index is 0.0427. The van der Waals surface area contributed by atoms with Crippen LogP contribution in [0.1, 0.15) is 55.9 Å². The fourth-order valence-electron chi connectivity index (χ4n) is 6.06. The summed E-state index contributed by atoms with van der Waals surface area (Å²) in [6, 6.07) is 13.7. The standard InChI is InChI=1S/C35H44N4O8S2/c1-22-18-23(2)20-25(19-22)31-27(28-21-26(39(41)42)12-14-30(28)37-31)15-17-38(34(40)47-35(3,4)5)16-9-8-10-24-11-13-29(36)33(49(7,45)46)32(24)48(6,43)44/h11-14,18-21,37H,8-10,15-17,36H2,1-7H3. The van der Waals surface area contributed by atoms with Gasteiger partial charge in [0.1, 0.15) is 10.5 Å². The molecule has 0 unspecified atom stereocenters. The van der Waals surface area contributed by atoms with Crippen molar-refractivity contribution in [2.75, 3.05) is 31.3 Å². The van der Waals surface area contributed by atoms with Gasteiger partial charge in [-0.3, -0.25) is 10.1 Å². The molecule has 1 aromatic heterocycles. The molecular formula is C35H44N4O8S2. The summed E-state index contributed by atoms with van der Waals surface area (Å²) in [6.07, 6.45) is 2.82. The van der Waals surface area contributed by atoms with Crippen LogP contribution in [0.15, 0.2) is 58.3 Å². The van der Waals surface area contributed by atoms with Gasteiger partial charge in [-0.2, -0.15) is 0 Å². The average Bonchev–Trinajstić information content (AvgIpc) is 3.32. The Morgan fingerprint density at radius 2 is 1.53 bits per heavy atom. The van der Waals surface area contributed by atoms with Crippen LogP contribution in [0.5, 0.6) is 0 Å². The summed E-state index contributed by atoms with van der Waals surface area (Å²) in [5, 5.41) is 12.4. The number of hydrogen-bond donors (Lipinski definition) is 2. The number of hydrogen-bond acceptors (Lipinski definition) is 9. The number of nitro groups is 1. The molecule has 1 amide bonds. The maximum absolute atomic E-state index is 13.5. The lowest BCUT2D eigenvalue weighted by Gasteiger charge is -2.27. The molecule has 14 heteroatoms. The van der Waals surface area contributed by atoms with Gasteiger partial charge in [-0.1, -0.05) is 23.3 Å². The lowest BCUT2D eigenvalue weighted by molar-refractivity contribution is -0.384. The number of rotatable bonds is 12. The summed E-state index contributed by atoms with van der Waals surface area (Å²) in [5.74, 6) is 0. The number of non-ortho nitro benzene ring substituents is 1. The second-order valence-electron chi connectivity index (χ2n) is 13.5. The van der Waals surface area contributed by atoms with E-state index >= 15 is 0 Å². The third-order valence-corrected chi connectivity index (χ3v) is 10.5. The van der Waals surface area contributed by atoms with E-state index in [1.54, 1.807) is 37.8 Å². The van der Waals surface area contributed by atoms with Gasteiger partial charge in [-0.25, -0.2) is 21.6 Å². The highest BCUT2D eigenvalue weighted by atomic mass is 32.2. The van der Waals surface area contributed by atoms with Crippen molar-refractivity contribution in [3.63, 3.8) is 0 Å². The summed E-state index contributed by atoms with van der Waals surface area (Å²) >= 11 is 0. The average molecular weight is 713 g/mol. The van der Waals surface area contributed by atoms with E-state index in [2.05, 4.69) is 11.1 Å². The Labute approximate surface area is 287 Å². The number of carbonyl (C=O) groups excluding carboxylic acids is 1. The van der Waals surface area contributed by atoms with Gasteiger partial charge in [0.25, 0.3) is 5.69 Å². The van der Waals surface area contributed by atoms with Crippen molar-refractivity contribution < 1.29 is 31.3 Å². The molecule has 0 aliphatic rings. The van der Waals surface area contributed by atoms with Crippen LogP contribution in [-0.2, 0) is 37.3 Å². The molecule has 0 spiro atoms. The molecule has 0 saturated heterocycles. The molecule has 12 nitrogen and oxygen atoms in total. The number of ether oxygens (including phenoxy) is 1. The molecule has 4 aromatic rings. The SMILES string of the molecule is Cc1cc(C)cc(-c2[nH]c3ccc([N+](=O)[O-])cc3c2CCN(CCCCc2ccc(N)c(S(C)(=O)=O)c2S(C)(=O)=O)C(=O)OC(C)(C)C)c1. The van der Waals surface area contributed by atoms with Crippen molar-refractivity contribution in [2.45, 2.75) is 75.7 Å². The van der Waals surface area contributed by atoms with E-state index in [-0.39, 0.29) is 35.8 Å². The Morgan fingerprint density at radius 1 is 0.898 bits per heavy atom. The van der Waals surface area contributed by atoms with Crippen molar-refractivity contribution in [1.29, 1.82) is 0 Å². The second kappa shape index (κ2) is 14.2.